The van der Waals surface area contributed by atoms with Gasteiger partial charge < -0.3 is 15.4 Å². The lowest BCUT2D eigenvalue weighted by molar-refractivity contribution is -0.137. The zero-order chi connectivity index (χ0) is 18.4. The molecular formula is C21H24N2O3. The van der Waals surface area contributed by atoms with Crippen LogP contribution in [0.5, 0.6) is 0 Å². The van der Waals surface area contributed by atoms with Gasteiger partial charge >= 0.3 is 0 Å². The van der Waals surface area contributed by atoms with E-state index in [9.17, 15) is 9.59 Å². The summed E-state index contributed by atoms with van der Waals surface area (Å²) in [5.74, 6) is -0.287. The third-order valence-electron chi connectivity index (χ3n) is 4.45. The zero-order valence-corrected chi connectivity index (χ0v) is 14.9. The smallest absolute Gasteiger partial charge is 0.243 e. The van der Waals surface area contributed by atoms with Crippen molar-refractivity contribution in [3.63, 3.8) is 0 Å². The molecule has 1 saturated heterocycles. The summed E-state index contributed by atoms with van der Waals surface area (Å²) in [4.78, 5) is 24.6. The van der Waals surface area contributed by atoms with Crippen molar-refractivity contribution in [1.29, 1.82) is 0 Å². The van der Waals surface area contributed by atoms with Crippen molar-refractivity contribution in [2.45, 2.75) is 38.5 Å². The van der Waals surface area contributed by atoms with Crippen LogP contribution in [0.4, 0.5) is 0 Å². The Bertz CT molecular complexity index is 761. The largest absolute Gasteiger partial charge is 0.377 e. The number of carbonyl (C=O) groups excluding carboxylic acids is 2. The molecule has 1 heterocycles. The highest BCUT2D eigenvalue weighted by atomic mass is 16.5. The molecule has 1 fully saturated rings. The van der Waals surface area contributed by atoms with Gasteiger partial charge in [0.15, 0.2) is 0 Å². The van der Waals surface area contributed by atoms with Crippen LogP contribution < -0.4 is 10.6 Å². The molecule has 0 saturated carbocycles. The van der Waals surface area contributed by atoms with Gasteiger partial charge in [0.05, 0.1) is 6.61 Å². The van der Waals surface area contributed by atoms with E-state index in [-0.39, 0.29) is 11.8 Å². The number of ether oxygens (including phenoxy) is 1. The highest BCUT2D eigenvalue weighted by Gasteiger charge is 2.33. The number of benzene rings is 2. The van der Waals surface area contributed by atoms with E-state index in [2.05, 4.69) is 10.6 Å². The van der Waals surface area contributed by atoms with Gasteiger partial charge in [-0.25, -0.2) is 0 Å². The van der Waals surface area contributed by atoms with Gasteiger partial charge in [0.25, 0.3) is 0 Å². The predicted molar refractivity (Wildman–Crippen MR) is 99.5 cm³/mol. The fourth-order valence-corrected chi connectivity index (χ4v) is 3.06. The first kappa shape index (κ1) is 18.1. The first-order chi connectivity index (χ1) is 12.6. The number of rotatable bonds is 7. The summed E-state index contributed by atoms with van der Waals surface area (Å²) >= 11 is 0. The maximum absolute atomic E-state index is 12.3. The predicted octanol–water partition coefficient (Wildman–Crippen LogP) is 2.13. The van der Waals surface area contributed by atoms with E-state index in [4.69, 9.17) is 4.74 Å². The second-order valence-corrected chi connectivity index (χ2v) is 6.64. The number of nitrogens with one attached hydrogen (secondary N) is 2. The number of amides is 2. The number of carbonyl (C=O) groups is 2. The van der Waals surface area contributed by atoms with Gasteiger partial charge in [-0.15, -0.1) is 0 Å². The monoisotopic (exact) mass is 352 g/mol. The van der Waals surface area contributed by atoms with E-state index in [0.717, 1.165) is 16.7 Å². The molecule has 0 aromatic heterocycles. The molecule has 0 bridgehead atoms. The summed E-state index contributed by atoms with van der Waals surface area (Å²) in [7, 11) is 0. The van der Waals surface area contributed by atoms with E-state index in [1.165, 1.54) is 0 Å². The lowest BCUT2D eigenvalue weighted by atomic mass is 10.00. The van der Waals surface area contributed by atoms with Crippen molar-refractivity contribution >= 4 is 11.8 Å². The van der Waals surface area contributed by atoms with Crippen molar-refractivity contribution in [2.75, 3.05) is 6.61 Å². The molecule has 2 aromatic carbocycles. The maximum atomic E-state index is 12.3. The summed E-state index contributed by atoms with van der Waals surface area (Å²) in [5.41, 5.74) is 3.26. The first-order valence-corrected chi connectivity index (χ1v) is 8.90. The minimum absolute atomic E-state index is 0.140. The Morgan fingerprint density at radius 2 is 1.58 bits per heavy atom. The van der Waals surface area contributed by atoms with Crippen LogP contribution in [-0.4, -0.2) is 30.5 Å². The van der Waals surface area contributed by atoms with Crippen LogP contribution in [0.3, 0.4) is 0 Å². The normalized spacial score (nSPS) is 19.7. The molecule has 136 valence electrons. The Labute approximate surface area is 153 Å². The first-order valence-electron chi connectivity index (χ1n) is 8.90. The highest BCUT2D eigenvalue weighted by Crippen LogP contribution is 2.11. The Kier molecular flexibility index (Phi) is 6.02. The Morgan fingerprint density at radius 3 is 2.35 bits per heavy atom. The lowest BCUT2D eigenvalue weighted by Gasteiger charge is -2.29. The second-order valence-electron chi connectivity index (χ2n) is 6.64. The van der Waals surface area contributed by atoms with Crippen LogP contribution in [0.2, 0.25) is 0 Å². The molecule has 2 atom stereocenters. The van der Waals surface area contributed by atoms with Crippen LogP contribution in [0.15, 0.2) is 54.6 Å². The fourth-order valence-electron chi connectivity index (χ4n) is 3.06. The number of hydrogen-bond donors (Lipinski definition) is 2. The lowest BCUT2D eigenvalue weighted by Crippen LogP contribution is -2.62. The Balaban J connectivity index is 1.46. The summed E-state index contributed by atoms with van der Waals surface area (Å²) < 4.78 is 5.61. The number of piperazine rings is 1. The number of hydrogen-bond acceptors (Lipinski definition) is 3. The van der Waals surface area contributed by atoms with Crippen LogP contribution >= 0.6 is 0 Å². The van der Waals surface area contributed by atoms with Crippen molar-refractivity contribution in [1.82, 2.24) is 10.6 Å². The van der Waals surface area contributed by atoms with Crippen LogP contribution in [0.25, 0.3) is 0 Å². The van der Waals surface area contributed by atoms with E-state index in [1.807, 2.05) is 61.5 Å². The molecule has 0 radical (unpaired) electrons. The molecule has 0 aliphatic carbocycles. The van der Waals surface area contributed by atoms with E-state index >= 15 is 0 Å². The SMILES string of the molecule is Cc1cccc(CC2NC(=O)C(CCOCc3ccccc3)NC2=O)c1. The third-order valence-corrected chi connectivity index (χ3v) is 4.45. The van der Waals surface area contributed by atoms with Crippen LogP contribution in [0, 0.1) is 6.92 Å². The van der Waals surface area contributed by atoms with Gasteiger partial charge in [0, 0.05) is 13.0 Å². The molecule has 26 heavy (non-hydrogen) atoms. The van der Waals surface area contributed by atoms with E-state index < -0.39 is 12.1 Å². The van der Waals surface area contributed by atoms with Crippen molar-refractivity contribution in [2.24, 2.45) is 0 Å². The molecule has 1 aliphatic rings. The van der Waals surface area contributed by atoms with Gasteiger partial charge in [0.2, 0.25) is 11.8 Å². The van der Waals surface area contributed by atoms with Gasteiger partial charge in [-0.2, -0.15) is 0 Å². The van der Waals surface area contributed by atoms with Crippen LogP contribution in [0.1, 0.15) is 23.1 Å². The molecule has 3 rings (SSSR count). The van der Waals surface area contributed by atoms with Gasteiger partial charge in [-0.05, 0) is 24.5 Å². The fraction of sp³-hybridized carbons (Fsp3) is 0.333. The van der Waals surface area contributed by atoms with Crippen molar-refractivity contribution in [3.8, 4) is 0 Å². The van der Waals surface area contributed by atoms with Crippen molar-refractivity contribution in [3.05, 3.63) is 71.3 Å². The average molecular weight is 352 g/mol. The summed E-state index contributed by atoms with van der Waals surface area (Å²) in [6.45, 7) is 2.92. The molecule has 5 nitrogen and oxygen atoms in total. The van der Waals surface area contributed by atoms with Gasteiger partial charge in [0.1, 0.15) is 12.1 Å². The topological polar surface area (TPSA) is 67.4 Å². The maximum Gasteiger partial charge on any atom is 0.243 e. The molecule has 2 N–H and O–H groups in total. The molecule has 0 spiro atoms. The van der Waals surface area contributed by atoms with Crippen molar-refractivity contribution < 1.29 is 14.3 Å². The van der Waals surface area contributed by atoms with Gasteiger partial charge in [-0.3, -0.25) is 9.59 Å². The zero-order valence-electron chi connectivity index (χ0n) is 14.9. The highest BCUT2D eigenvalue weighted by molar-refractivity contribution is 5.97. The third kappa shape index (κ3) is 4.92. The minimum Gasteiger partial charge on any atom is -0.377 e. The second kappa shape index (κ2) is 8.63. The molecule has 5 heteroatoms. The summed E-state index contributed by atoms with van der Waals surface area (Å²) in [5, 5.41) is 5.66. The molecule has 2 amide bonds. The molecular weight excluding hydrogens is 328 g/mol. The molecule has 1 aliphatic heterocycles. The standard InChI is InChI=1S/C21H24N2O3/c1-15-6-5-9-17(12-15)13-19-21(25)22-18(20(24)23-19)10-11-26-14-16-7-3-2-4-8-16/h2-9,12,18-19H,10-11,13-14H2,1H3,(H,22,25)(H,23,24). The molecule has 2 aromatic rings. The van der Waals surface area contributed by atoms with Crippen LogP contribution in [-0.2, 0) is 27.4 Å². The number of aryl methyl sites for hydroxylation is 1. The van der Waals surface area contributed by atoms with E-state index in [1.54, 1.807) is 0 Å². The minimum atomic E-state index is -0.535. The summed E-state index contributed by atoms with van der Waals surface area (Å²) in [6.07, 6.45) is 0.956. The summed E-state index contributed by atoms with van der Waals surface area (Å²) in [6, 6.07) is 16.8. The Morgan fingerprint density at radius 1 is 0.885 bits per heavy atom. The quantitative estimate of drug-likeness (QED) is 0.750. The Hall–Kier alpha value is -2.66. The van der Waals surface area contributed by atoms with Gasteiger partial charge in [-0.1, -0.05) is 60.2 Å². The van der Waals surface area contributed by atoms with E-state index in [0.29, 0.717) is 26.1 Å². The average Bonchev–Trinajstić information content (AvgIpc) is 2.63. The molecule has 2 unspecified atom stereocenters.